The number of ether oxygens (including phenoxy) is 1. The van der Waals surface area contributed by atoms with Crippen molar-refractivity contribution >= 4 is 33.2 Å². The summed E-state index contributed by atoms with van der Waals surface area (Å²) in [7, 11) is -2.34. The van der Waals surface area contributed by atoms with Crippen molar-refractivity contribution in [1.29, 1.82) is 0 Å². The molecule has 2 aromatic rings. The van der Waals surface area contributed by atoms with Gasteiger partial charge in [-0.3, -0.25) is 4.79 Å². The number of nitrogens with one attached hydrogen (secondary N) is 2. The van der Waals surface area contributed by atoms with E-state index in [9.17, 15) is 13.2 Å². The molecule has 0 aliphatic heterocycles. The summed E-state index contributed by atoms with van der Waals surface area (Å²) in [4.78, 5) is 12.3. The van der Waals surface area contributed by atoms with E-state index < -0.39 is 22.0 Å². The van der Waals surface area contributed by atoms with Gasteiger partial charge in [-0.15, -0.1) is 0 Å². The van der Waals surface area contributed by atoms with Gasteiger partial charge in [0.05, 0.1) is 18.0 Å². The molecule has 0 spiro atoms. The van der Waals surface area contributed by atoms with Gasteiger partial charge >= 0.3 is 0 Å². The van der Waals surface area contributed by atoms with Crippen LogP contribution in [-0.4, -0.2) is 27.5 Å². The molecule has 0 saturated carbocycles. The van der Waals surface area contributed by atoms with Gasteiger partial charge in [0.15, 0.2) is 0 Å². The highest BCUT2D eigenvalue weighted by molar-refractivity contribution is 7.89. The molecule has 0 aliphatic rings. The lowest BCUT2D eigenvalue weighted by molar-refractivity contribution is -0.117. The lowest BCUT2D eigenvalue weighted by Crippen LogP contribution is -2.41. The number of carbonyl (C=O) groups excluding carboxylic acids is 1. The van der Waals surface area contributed by atoms with E-state index in [1.54, 1.807) is 18.2 Å². The molecule has 0 saturated heterocycles. The summed E-state index contributed by atoms with van der Waals surface area (Å²) in [6, 6.07) is 10.00. The first kappa shape index (κ1) is 19.2. The first-order valence-electron chi connectivity index (χ1n) is 7.46. The zero-order chi connectivity index (χ0) is 18.6. The van der Waals surface area contributed by atoms with E-state index in [0.29, 0.717) is 16.5 Å². The third kappa shape index (κ3) is 4.94. The molecule has 0 aliphatic carbocycles. The molecular formula is C17H19ClN2O4S. The highest BCUT2D eigenvalue weighted by Gasteiger charge is 2.22. The van der Waals surface area contributed by atoms with Crippen LogP contribution in [0.2, 0.25) is 5.02 Å². The number of amides is 1. The quantitative estimate of drug-likeness (QED) is 0.804. The normalized spacial score (nSPS) is 12.5. The largest absolute Gasteiger partial charge is 0.497 e. The van der Waals surface area contributed by atoms with Crippen LogP contribution < -0.4 is 14.8 Å². The third-order valence-corrected chi connectivity index (χ3v) is 5.50. The number of carbonyl (C=O) groups is 1. The summed E-state index contributed by atoms with van der Waals surface area (Å²) in [5.74, 6) is 0.0537. The molecule has 2 aromatic carbocycles. The SMILES string of the molecule is COc1ccc(S(=O)(=O)N[C@H](C)C(=O)Nc2ccc(C)c(Cl)c2)cc1. The number of methoxy groups -OCH3 is 1. The molecule has 8 heteroatoms. The Morgan fingerprint density at radius 3 is 2.36 bits per heavy atom. The van der Waals surface area contributed by atoms with Crippen LogP contribution >= 0.6 is 11.6 Å². The smallest absolute Gasteiger partial charge is 0.242 e. The zero-order valence-electron chi connectivity index (χ0n) is 14.0. The predicted molar refractivity (Wildman–Crippen MR) is 97.6 cm³/mol. The Labute approximate surface area is 152 Å². The van der Waals surface area contributed by atoms with Gasteiger partial charge in [0.1, 0.15) is 5.75 Å². The molecule has 25 heavy (non-hydrogen) atoms. The molecule has 134 valence electrons. The second-order valence-corrected chi connectivity index (χ2v) is 7.59. The summed E-state index contributed by atoms with van der Waals surface area (Å²) < 4.78 is 32.0. The maximum Gasteiger partial charge on any atom is 0.242 e. The van der Waals surface area contributed by atoms with Crippen LogP contribution in [0.15, 0.2) is 47.4 Å². The molecule has 0 aromatic heterocycles. The molecule has 2 N–H and O–H groups in total. The second kappa shape index (κ2) is 7.86. The van der Waals surface area contributed by atoms with Crippen LogP contribution in [0.4, 0.5) is 5.69 Å². The Kier molecular flexibility index (Phi) is 6.05. The summed E-state index contributed by atoms with van der Waals surface area (Å²) in [5.41, 5.74) is 1.38. The summed E-state index contributed by atoms with van der Waals surface area (Å²) in [6.45, 7) is 3.31. The predicted octanol–water partition coefficient (Wildman–Crippen LogP) is 2.96. The van der Waals surface area contributed by atoms with Gasteiger partial charge in [-0.2, -0.15) is 4.72 Å². The number of aryl methyl sites for hydroxylation is 1. The minimum atomic E-state index is -3.83. The monoisotopic (exact) mass is 382 g/mol. The number of hydrogen-bond donors (Lipinski definition) is 2. The Bertz CT molecular complexity index is 867. The lowest BCUT2D eigenvalue weighted by atomic mass is 10.2. The van der Waals surface area contributed by atoms with Crippen molar-refractivity contribution in [1.82, 2.24) is 4.72 Å². The molecule has 0 heterocycles. The fraction of sp³-hybridized carbons (Fsp3) is 0.235. The van der Waals surface area contributed by atoms with Crippen LogP contribution in [0.1, 0.15) is 12.5 Å². The van der Waals surface area contributed by atoms with Gasteiger partial charge in [0, 0.05) is 10.7 Å². The van der Waals surface area contributed by atoms with Crippen molar-refractivity contribution in [3.8, 4) is 5.75 Å². The van der Waals surface area contributed by atoms with Crippen LogP contribution in [-0.2, 0) is 14.8 Å². The molecule has 0 fully saturated rings. The number of rotatable bonds is 6. The van der Waals surface area contributed by atoms with Crippen LogP contribution in [0.25, 0.3) is 0 Å². The fourth-order valence-corrected chi connectivity index (χ4v) is 3.41. The van der Waals surface area contributed by atoms with Gasteiger partial charge < -0.3 is 10.1 Å². The minimum absolute atomic E-state index is 0.0475. The van der Waals surface area contributed by atoms with Crippen LogP contribution in [0.3, 0.4) is 0 Å². The Morgan fingerprint density at radius 1 is 1.16 bits per heavy atom. The molecular weight excluding hydrogens is 364 g/mol. The second-order valence-electron chi connectivity index (χ2n) is 5.47. The first-order valence-corrected chi connectivity index (χ1v) is 9.32. The molecule has 2 rings (SSSR count). The molecule has 0 radical (unpaired) electrons. The van der Waals surface area contributed by atoms with E-state index in [1.807, 2.05) is 6.92 Å². The van der Waals surface area contributed by atoms with Gasteiger partial charge in [0.2, 0.25) is 15.9 Å². The van der Waals surface area contributed by atoms with Gasteiger partial charge in [0.25, 0.3) is 0 Å². The average molecular weight is 383 g/mol. The van der Waals surface area contributed by atoms with E-state index in [2.05, 4.69) is 10.0 Å². The van der Waals surface area contributed by atoms with E-state index in [1.165, 1.54) is 38.3 Å². The van der Waals surface area contributed by atoms with Gasteiger partial charge in [-0.1, -0.05) is 17.7 Å². The molecule has 0 unspecified atom stereocenters. The standard InChI is InChI=1S/C17H19ClN2O4S/c1-11-4-5-13(10-16(11)18)19-17(21)12(2)20-25(22,23)15-8-6-14(24-3)7-9-15/h4-10,12,20H,1-3H3,(H,19,21)/t12-/m1/s1. The fourth-order valence-electron chi connectivity index (χ4n) is 2.03. The van der Waals surface area contributed by atoms with E-state index >= 15 is 0 Å². The van der Waals surface area contributed by atoms with E-state index in [4.69, 9.17) is 16.3 Å². The Balaban J connectivity index is 2.07. The highest BCUT2D eigenvalue weighted by Crippen LogP contribution is 2.20. The number of sulfonamides is 1. The van der Waals surface area contributed by atoms with Crippen molar-refractivity contribution in [2.75, 3.05) is 12.4 Å². The third-order valence-electron chi connectivity index (χ3n) is 3.53. The molecule has 0 bridgehead atoms. The molecule has 6 nitrogen and oxygen atoms in total. The topological polar surface area (TPSA) is 84.5 Å². The summed E-state index contributed by atoms with van der Waals surface area (Å²) in [6.07, 6.45) is 0. The molecule has 1 amide bonds. The highest BCUT2D eigenvalue weighted by atomic mass is 35.5. The minimum Gasteiger partial charge on any atom is -0.497 e. The van der Waals surface area contributed by atoms with Crippen molar-refractivity contribution in [3.63, 3.8) is 0 Å². The number of hydrogen-bond acceptors (Lipinski definition) is 4. The summed E-state index contributed by atoms with van der Waals surface area (Å²) in [5, 5.41) is 3.15. The molecule has 1 atom stereocenters. The van der Waals surface area contributed by atoms with E-state index in [-0.39, 0.29) is 4.90 Å². The van der Waals surface area contributed by atoms with Crippen molar-refractivity contribution < 1.29 is 17.9 Å². The van der Waals surface area contributed by atoms with Crippen LogP contribution in [0, 0.1) is 6.92 Å². The maximum absolute atomic E-state index is 12.3. The zero-order valence-corrected chi connectivity index (χ0v) is 15.6. The van der Waals surface area contributed by atoms with Crippen molar-refractivity contribution in [2.45, 2.75) is 24.8 Å². The van der Waals surface area contributed by atoms with E-state index in [0.717, 1.165) is 5.56 Å². The lowest BCUT2D eigenvalue weighted by Gasteiger charge is -2.15. The van der Waals surface area contributed by atoms with Gasteiger partial charge in [-0.05, 0) is 55.8 Å². The number of halogens is 1. The number of benzene rings is 2. The van der Waals surface area contributed by atoms with Crippen molar-refractivity contribution in [3.05, 3.63) is 53.1 Å². The summed E-state index contributed by atoms with van der Waals surface area (Å²) >= 11 is 6.02. The first-order chi connectivity index (χ1) is 11.7. The number of anilines is 1. The van der Waals surface area contributed by atoms with Gasteiger partial charge in [-0.25, -0.2) is 8.42 Å². The maximum atomic E-state index is 12.3. The van der Waals surface area contributed by atoms with Crippen molar-refractivity contribution in [2.24, 2.45) is 0 Å². The average Bonchev–Trinajstić information content (AvgIpc) is 2.57. The Morgan fingerprint density at radius 2 is 1.80 bits per heavy atom. The van der Waals surface area contributed by atoms with Crippen LogP contribution in [0.5, 0.6) is 5.75 Å². The Hall–Kier alpha value is -2.09.